The van der Waals surface area contributed by atoms with E-state index < -0.39 is 0 Å². The molecule has 0 heterocycles. The van der Waals surface area contributed by atoms with Gasteiger partial charge in [-0.1, -0.05) is 26.0 Å². The van der Waals surface area contributed by atoms with Crippen molar-refractivity contribution < 1.29 is 23.7 Å². The molecule has 5 nitrogen and oxygen atoms in total. The summed E-state index contributed by atoms with van der Waals surface area (Å²) in [6.07, 6.45) is 1.13. The van der Waals surface area contributed by atoms with Crippen molar-refractivity contribution in [2.45, 2.75) is 46.0 Å². The predicted molar refractivity (Wildman–Crippen MR) is 115 cm³/mol. The molecule has 0 fully saturated rings. The standard InChI is InChI=1S/C24H34O5/c1-6-18(2)20-7-9-23(10-8-20)28-11-12-29-24-21(16-26-4)13-19(15-25-3)14-22(24)17-27-5/h7-10,13-14,18H,6,11-12,15-17H2,1-5H3. The van der Waals surface area contributed by atoms with E-state index in [9.17, 15) is 0 Å². The number of rotatable bonds is 13. The van der Waals surface area contributed by atoms with Crippen molar-refractivity contribution in [3.8, 4) is 11.5 Å². The first-order valence-electron chi connectivity index (χ1n) is 10.1. The lowest BCUT2D eigenvalue weighted by Crippen LogP contribution is -2.12. The summed E-state index contributed by atoms with van der Waals surface area (Å²) < 4.78 is 27.9. The monoisotopic (exact) mass is 402 g/mol. The van der Waals surface area contributed by atoms with Crippen LogP contribution >= 0.6 is 0 Å². The minimum Gasteiger partial charge on any atom is -0.490 e. The Labute approximate surface area is 174 Å². The summed E-state index contributed by atoms with van der Waals surface area (Å²) >= 11 is 0. The number of methoxy groups -OCH3 is 3. The molecule has 1 unspecified atom stereocenters. The summed E-state index contributed by atoms with van der Waals surface area (Å²) in [6.45, 7) is 6.78. The Kier molecular flexibility index (Phi) is 9.98. The van der Waals surface area contributed by atoms with Crippen molar-refractivity contribution in [2.75, 3.05) is 34.5 Å². The third-order valence-corrected chi connectivity index (χ3v) is 4.87. The minimum atomic E-state index is 0.435. The molecule has 0 aliphatic rings. The van der Waals surface area contributed by atoms with Crippen LogP contribution in [0, 0.1) is 0 Å². The highest BCUT2D eigenvalue weighted by atomic mass is 16.5. The van der Waals surface area contributed by atoms with Gasteiger partial charge in [-0.2, -0.15) is 0 Å². The van der Waals surface area contributed by atoms with E-state index >= 15 is 0 Å². The van der Waals surface area contributed by atoms with Gasteiger partial charge in [0.1, 0.15) is 24.7 Å². The molecule has 0 saturated carbocycles. The van der Waals surface area contributed by atoms with E-state index in [-0.39, 0.29) is 0 Å². The summed E-state index contributed by atoms with van der Waals surface area (Å²) in [5.41, 5.74) is 4.36. The van der Waals surface area contributed by atoms with Gasteiger partial charge in [-0.15, -0.1) is 0 Å². The number of hydrogen-bond acceptors (Lipinski definition) is 5. The average molecular weight is 403 g/mol. The maximum atomic E-state index is 6.08. The SMILES string of the molecule is CCC(C)c1ccc(OCCOc2c(COC)cc(COC)cc2COC)cc1. The summed E-state index contributed by atoms with van der Waals surface area (Å²) in [5, 5.41) is 0. The Bertz CT molecular complexity index is 700. The van der Waals surface area contributed by atoms with Gasteiger partial charge in [0, 0.05) is 32.5 Å². The molecular weight excluding hydrogens is 368 g/mol. The van der Waals surface area contributed by atoms with Gasteiger partial charge in [-0.25, -0.2) is 0 Å². The van der Waals surface area contributed by atoms with Crippen LogP contribution in [0.2, 0.25) is 0 Å². The quantitative estimate of drug-likeness (QED) is 0.436. The zero-order valence-electron chi connectivity index (χ0n) is 18.3. The summed E-state index contributed by atoms with van der Waals surface area (Å²) in [5.74, 6) is 2.21. The van der Waals surface area contributed by atoms with Crippen LogP contribution in [0.4, 0.5) is 0 Å². The molecule has 0 aromatic heterocycles. The Morgan fingerprint density at radius 2 is 1.31 bits per heavy atom. The molecule has 0 aliphatic carbocycles. The van der Waals surface area contributed by atoms with E-state index in [1.54, 1.807) is 21.3 Å². The molecule has 2 aromatic carbocycles. The smallest absolute Gasteiger partial charge is 0.130 e. The molecule has 0 N–H and O–H groups in total. The highest BCUT2D eigenvalue weighted by Crippen LogP contribution is 2.28. The van der Waals surface area contributed by atoms with Crippen molar-refractivity contribution in [2.24, 2.45) is 0 Å². The van der Waals surface area contributed by atoms with Crippen LogP contribution in [0.5, 0.6) is 11.5 Å². The highest BCUT2D eigenvalue weighted by Gasteiger charge is 2.13. The first-order valence-corrected chi connectivity index (χ1v) is 10.1. The van der Waals surface area contributed by atoms with Crippen molar-refractivity contribution in [3.05, 3.63) is 58.7 Å². The van der Waals surface area contributed by atoms with Gasteiger partial charge in [0.25, 0.3) is 0 Å². The minimum absolute atomic E-state index is 0.435. The van der Waals surface area contributed by atoms with Gasteiger partial charge >= 0.3 is 0 Å². The molecule has 5 heteroatoms. The van der Waals surface area contributed by atoms with E-state index in [2.05, 4.69) is 38.1 Å². The van der Waals surface area contributed by atoms with E-state index in [4.69, 9.17) is 23.7 Å². The maximum absolute atomic E-state index is 6.08. The molecular formula is C24H34O5. The molecule has 2 rings (SSSR count). The molecule has 1 atom stereocenters. The van der Waals surface area contributed by atoms with Crippen LogP contribution in [0.3, 0.4) is 0 Å². The normalized spacial score (nSPS) is 12.0. The molecule has 2 aromatic rings. The van der Waals surface area contributed by atoms with Crippen molar-refractivity contribution in [1.82, 2.24) is 0 Å². The topological polar surface area (TPSA) is 46.2 Å². The second kappa shape index (κ2) is 12.5. The van der Waals surface area contributed by atoms with E-state index in [0.717, 1.165) is 34.6 Å². The number of ether oxygens (including phenoxy) is 5. The van der Waals surface area contributed by atoms with E-state index in [1.807, 2.05) is 12.1 Å². The zero-order valence-corrected chi connectivity index (χ0v) is 18.3. The fourth-order valence-corrected chi connectivity index (χ4v) is 3.22. The highest BCUT2D eigenvalue weighted by molar-refractivity contribution is 5.44. The molecule has 0 radical (unpaired) electrons. The molecule has 0 amide bonds. The largest absolute Gasteiger partial charge is 0.490 e. The second-order valence-corrected chi connectivity index (χ2v) is 7.12. The molecule has 0 saturated heterocycles. The van der Waals surface area contributed by atoms with Gasteiger partial charge in [0.05, 0.1) is 19.8 Å². The number of benzene rings is 2. The Hall–Kier alpha value is -2.08. The molecule has 0 bridgehead atoms. The fourth-order valence-electron chi connectivity index (χ4n) is 3.22. The first kappa shape index (κ1) is 23.2. The van der Waals surface area contributed by atoms with Gasteiger partial charge in [-0.05, 0) is 47.7 Å². The lowest BCUT2D eigenvalue weighted by atomic mass is 9.99. The first-order chi connectivity index (χ1) is 14.1. The number of hydrogen-bond donors (Lipinski definition) is 0. The molecule has 0 spiro atoms. The summed E-state index contributed by atoms with van der Waals surface area (Å²) in [6, 6.07) is 12.4. The zero-order chi connectivity index (χ0) is 21.1. The van der Waals surface area contributed by atoms with Crippen LogP contribution in [0.15, 0.2) is 36.4 Å². The summed E-state index contributed by atoms with van der Waals surface area (Å²) in [7, 11) is 5.03. The lowest BCUT2D eigenvalue weighted by molar-refractivity contribution is 0.161. The lowest BCUT2D eigenvalue weighted by Gasteiger charge is -2.18. The van der Waals surface area contributed by atoms with E-state index in [0.29, 0.717) is 39.0 Å². The second-order valence-electron chi connectivity index (χ2n) is 7.12. The average Bonchev–Trinajstić information content (AvgIpc) is 2.73. The van der Waals surface area contributed by atoms with Gasteiger partial charge in [0.15, 0.2) is 0 Å². The van der Waals surface area contributed by atoms with Crippen LogP contribution in [0.1, 0.15) is 48.4 Å². The van der Waals surface area contributed by atoms with Crippen molar-refractivity contribution in [3.63, 3.8) is 0 Å². The molecule has 160 valence electrons. The molecule has 29 heavy (non-hydrogen) atoms. The van der Waals surface area contributed by atoms with E-state index in [1.165, 1.54) is 5.56 Å². The molecule has 0 aliphatic heterocycles. The fraction of sp³-hybridized carbons (Fsp3) is 0.500. The van der Waals surface area contributed by atoms with Crippen LogP contribution in [0.25, 0.3) is 0 Å². The van der Waals surface area contributed by atoms with Crippen LogP contribution in [-0.2, 0) is 34.0 Å². The van der Waals surface area contributed by atoms with Crippen molar-refractivity contribution >= 4 is 0 Å². The third-order valence-electron chi connectivity index (χ3n) is 4.87. The van der Waals surface area contributed by atoms with Gasteiger partial charge in [0.2, 0.25) is 0 Å². The predicted octanol–water partition coefficient (Wildman–Crippen LogP) is 5.10. The maximum Gasteiger partial charge on any atom is 0.130 e. The third kappa shape index (κ3) is 7.03. The summed E-state index contributed by atoms with van der Waals surface area (Å²) in [4.78, 5) is 0. The van der Waals surface area contributed by atoms with Gasteiger partial charge in [-0.3, -0.25) is 0 Å². The Morgan fingerprint density at radius 3 is 1.83 bits per heavy atom. The van der Waals surface area contributed by atoms with Crippen LogP contribution < -0.4 is 9.47 Å². The van der Waals surface area contributed by atoms with Crippen LogP contribution in [-0.4, -0.2) is 34.5 Å². The Balaban J connectivity index is 2.01. The Morgan fingerprint density at radius 1 is 0.759 bits per heavy atom. The van der Waals surface area contributed by atoms with Crippen molar-refractivity contribution in [1.29, 1.82) is 0 Å². The van der Waals surface area contributed by atoms with Gasteiger partial charge < -0.3 is 23.7 Å².